The molecule has 0 saturated carbocycles. The number of hydrogen-bond acceptors (Lipinski definition) is 8. The summed E-state index contributed by atoms with van der Waals surface area (Å²) in [5.41, 5.74) is 0.606. The van der Waals surface area contributed by atoms with E-state index >= 15 is 0 Å². The molecule has 37 heavy (non-hydrogen) atoms. The lowest BCUT2D eigenvalue weighted by Gasteiger charge is -2.10. The van der Waals surface area contributed by atoms with E-state index in [9.17, 15) is 22.8 Å². The Morgan fingerprint density at radius 1 is 1.19 bits per heavy atom. The highest BCUT2D eigenvalue weighted by molar-refractivity contribution is 7.99. The van der Waals surface area contributed by atoms with Crippen molar-refractivity contribution in [1.82, 2.24) is 14.8 Å². The van der Waals surface area contributed by atoms with Crippen LogP contribution < -0.4 is 10.1 Å². The van der Waals surface area contributed by atoms with Crippen LogP contribution in [-0.4, -0.2) is 39.5 Å². The van der Waals surface area contributed by atoms with Gasteiger partial charge in [0.2, 0.25) is 5.91 Å². The van der Waals surface area contributed by atoms with Crippen LogP contribution in [0.4, 0.5) is 18.2 Å². The van der Waals surface area contributed by atoms with Gasteiger partial charge in [0.05, 0.1) is 24.0 Å². The number of ether oxygens (including phenoxy) is 2. The molecule has 0 spiro atoms. The Morgan fingerprint density at radius 2 is 1.97 bits per heavy atom. The van der Waals surface area contributed by atoms with Gasteiger partial charge in [-0.25, -0.2) is 4.79 Å². The molecule has 8 nitrogen and oxygen atoms in total. The average Bonchev–Trinajstić information content (AvgIpc) is 3.30. The van der Waals surface area contributed by atoms with Gasteiger partial charge in [-0.05, 0) is 49.4 Å². The molecule has 198 valence electrons. The van der Waals surface area contributed by atoms with Crippen molar-refractivity contribution in [2.45, 2.75) is 50.0 Å². The summed E-state index contributed by atoms with van der Waals surface area (Å²) >= 11 is 2.56. The summed E-state index contributed by atoms with van der Waals surface area (Å²) < 4.78 is 50.8. The number of aromatic nitrogens is 3. The van der Waals surface area contributed by atoms with Gasteiger partial charge >= 0.3 is 12.1 Å². The van der Waals surface area contributed by atoms with Gasteiger partial charge in [-0.2, -0.15) is 13.2 Å². The maximum atomic E-state index is 12.9. The number of alkyl halides is 3. The number of fused-ring (bicyclic) bond motifs is 1. The SMILES string of the molecule is COC(=O)c1c(NC(=O)CSc2nnc(COc3cccc(C(F)(F)F)c3)n2C)sc2c1CCCCC2. The molecule has 0 radical (unpaired) electrons. The van der Waals surface area contributed by atoms with Crippen molar-refractivity contribution in [3.05, 3.63) is 51.7 Å². The molecule has 0 fully saturated rings. The number of amides is 1. The van der Waals surface area contributed by atoms with E-state index in [4.69, 9.17) is 9.47 Å². The molecule has 4 rings (SSSR count). The Labute approximate surface area is 219 Å². The van der Waals surface area contributed by atoms with Crippen LogP contribution in [0.2, 0.25) is 0 Å². The van der Waals surface area contributed by atoms with E-state index in [2.05, 4.69) is 15.5 Å². The third kappa shape index (κ3) is 6.45. The largest absolute Gasteiger partial charge is 0.486 e. The highest BCUT2D eigenvalue weighted by Crippen LogP contribution is 2.38. The fourth-order valence-corrected chi connectivity index (χ4v) is 5.97. The van der Waals surface area contributed by atoms with Crippen LogP contribution in [0, 0.1) is 0 Å². The molecule has 3 aromatic rings. The first kappa shape index (κ1) is 27.0. The van der Waals surface area contributed by atoms with Gasteiger partial charge in [0, 0.05) is 11.9 Å². The molecule has 0 unspecified atom stereocenters. The summed E-state index contributed by atoms with van der Waals surface area (Å²) in [4.78, 5) is 26.3. The zero-order chi connectivity index (χ0) is 26.6. The molecule has 2 aromatic heterocycles. The molecule has 2 heterocycles. The minimum Gasteiger partial charge on any atom is -0.486 e. The number of carbonyl (C=O) groups is 2. The number of benzene rings is 1. The number of halogens is 3. The van der Waals surface area contributed by atoms with Crippen LogP contribution >= 0.6 is 23.1 Å². The van der Waals surface area contributed by atoms with Gasteiger partial charge in [0.1, 0.15) is 17.4 Å². The van der Waals surface area contributed by atoms with Crippen molar-refractivity contribution < 1.29 is 32.2 Å². The molecule has 13 heteroatoms. The number of methoxy groups -OCH3 is 1. The Kier molecular flexibility index (Phi) is 8.42. The maximum absolute atomic E-state index is 12.9. The van der Waals surface area contributed by atoms with Crippen molar-refractivity contribution in [3.63, 3.8) is 0 Å². The number of nitrogens with one attached hydrogen (secondary N) is 1. The van der Waals surface area contributed by atoms with Gasteiger partial charge in [0.25, 0.3) is 0 Å². The molecule has 1 aromatic carbocycles. The van der Waals surface area contributed by atoms with Gasteiger partial charge in [0.15, 0.2) is 11.0 Å². The highest BCUT2D eigenvalue weighted by atomic mass is 32.2. The van der Waals surface area contributed by atoms with Crippen molar-refractivity contribution in [2.75, 3.05) is 18.2 Å². The number of nitrogens with zero attached hydrogens (tertiary/aromatic N) is 3. The molecule has 1 aliphatic rings. The first-order valence-electron chi connectivity index (χ1n) is 11.5. The molecular formula is C24H25F3N4O4S2. The van der Waals surface area contributed by atoms with E-state index in [1.807, 2.05) is 0 Å². The third-order valence-corrected chi connectivity index (χ3v) is 8.08. The van der Waals surface area contributed by atoms with Crippen LogP contribution in [0.1, 0.15) is 51.4 Å². The molecule has 0 saturated heterocycles. The molecule has 1 N–H and O–H groups in total. The number of esters is 1. The summed E-state index contributed by atoms with van der Waals surface area (Å²) in [5, 5.41) is 11.9. The molecule has 1 amide bonds. The summed E-state index contributed by atoms with van der Waals surface area (Å²) in [6, 6.07) is 4.59. The standard InChI is InChI=1S/C24H25F3N4O4S2/c1-31-18(12-35-15-8-6-7-14(11-15)24(25,26)27)29-30-23(31)36-13-19(32)28-21-20(22(33)34-2)16-9-4-3-5-10-17(16)37-21/h6-8,11H,3-5,9-10,12-13H2,1-2H3,(H,28,32). The second kappa shape index (κ2) is 11.5. The summed E-state index contributed by atoms with van der Waals surface area (Å²) in [7, 11) is 3.00. The van der Waals surface area contributed by atoms with Gasteiger partial charge < -0.3 is 19.4 Å². The number of thioether (sulfide) groups is 1. The predicted molar refractivity (Wildman–Crippen MR) is 133 cm³/mol. The second-order valence-electron chi connectivity index (χ2n) is 8.37. The Hall–Kier alpha value is -3.06. The fraction of sp³-hybridized carbons (Fsp3) is 0.417. The van der Waals surface area contributed by atoms with Crippen LogP contribution in [0.25, 0.3) is 0 Å². The summed E-state index contributed by atoms with van der Waals surface area (Å²) in [6.07, 6.45) is 0.329. The minimum absolute atomic E-state index is 0.0175. The van der Waals surface area contributed by atoms with Crippen LogP contribution in [0.3, 0.4) is 0 Å². The zero-order valence-corrected chi connectivity index (χ0v) is 21.8. The summed E-state index contributed by atoms with van der Waals surface area (Å²) in [5.74, 6) is -0.307. The number of carbonyl (C=O) groups excluding carboxylic acids is 2. The van der Waals surface area contributed by atoms with Crippen molar-refractivity contribution in [3.8, 4) is 5.75 Å². The van der Waals surface area contributed by atoms with Crippen molar-refractivity contribution in [1.29, 1.82) is 0 Å². The van der Waals surface area contributed by atoms with Crippen molar-refractivity contribution >= 4 is 40.0 Å². The van der Waals surface area contributed by atoms with Crippen LogP contribution in [0.15, 0.2) is 29.4 Å². The number of thiophene rings is 1. The highest BCUT2D eigenvalue weighted by Gasteiger charge is 2.30. The first-order valence-corrected chi connectivity index (χ1v) is 13.3. The number of anilines is 1. The lowest BCUT2D eigenvalue weighted by molar-refractivity contribution is -0.137. The first-order chi connectivity index (χ1) is 17.7. The third-order valence-electron chi connectivity index (χ3n) is 5.85. The van der Waals surface area contributed by atoms with E-state index < -0.39 is 17.7 Å². The minimum atomic E-state index is -4.46. The predicted octanol–water partition coefficient (Wildman–Crippen LogP) is 5.26. The average molecular weight is 555 g/mol. The molecule has 0 bridgehead atoms. The quantitative estimate of drug-likeness (QED) is 0.231. The number of hydrogen-bond donors (Lipinski definition) is 1. The smallest absolute Gasteiger partial charge is 0.416 e. The van der Waals surface area contributed by atoms with E-state index in [1.165, 1.54) is 30.6 Å². The number of aryl methyl sites for hydroxylation is 1. The van der Waals surface area contributed by atoms with Gasteiger partial charge in [-0.15, -0.1) is 21.5 Å². The lowest BCUT2D eigenvalue weighted by Crippen LogP contribution is -2.16. The topological polar surface area (TPSA) is 95.3 Å². The molecule has 0 atom stereocenters. The molecule has 0 aliphatic heterocycles. The second-order valence-corrected chi connectivity index (χ2v) is 10.4. The Bertz CT molecular complexity index is 1290. The van der Waals surface area contributed by atoms with E-state index in [0.717, 1.165) is 66.4 Å². The van der Waals surface area contributed by atoms with Crippen LogP contribution in [-0.2, 0) is 42.2 Å². The van der Waals surface area contributed by atoms with E-state index in [-0.39, 0.29) is 24.0 Å². The van der Waals surface area contributed by atoms with Crippen molar-refractivity contribution in [2.24, 2.45) is 7.05 Å². The van der Waals surface area contributed by atoms with E-state index in [0.29, 0.717) is 21.5 Å². The van der Waals surface area contributed by atoms with Gasteiger partial charge in [-0.1, -0.05) is 24.2 Å². The zero-order valence-electron chi connectivity index (χ0n) is 20.2. The maximum Gasteiger partial charge on any atom is 0.416 e. The van der Waals surface area contributed by atoms with E-state index in [1.54, 1.807) is 11.6 Å². The normalized spacial score (nSPS) is 13.5. The van der Waals surface area contributed by atoms with Gasteiger partial charge in [-0.3, -0.25) is 4.79 Å². The molecule has 1 aliphatic carbocycles. The molecular weight excluding hydrogens is 529 g/mol. The van der Waals surface area contributed by atoms with Crippen LogP contribution in [0.5, 0.6) is 5.75 Å². The Balaban J connectivity index is 1.37. The monoisotopic (exact) mass is 554 g/mol. The fourth-order valence-electron chi connectivity index (χ4n) is 3.95. The number of rotatable bonds is 8. The lowest BCUT2D eigenvalue weighted by atomic mass is 10.1. The Morgan fingerprint density at radius 3 is 2.73 bits per heavy atom. The summed E-state index contributed by atoms with van der Waals surface area (Å²) in [6.45, 7) is -0.0964.